The lowest BCUT2D eigenvalue weighted by molar-refractivity contribution is 0.859. The first-order valence-electron chi connectivity index (χ1n) is 14.1. The normalized spacial score (nSPS) is 11.7. The van der Waals surface area contributed by atoms with Gasteiger partial charge in [-0.2, -0.15) is 9.97 Å². The molecule has 4 aromatic heterocycles. The first-order chi connectivity index (χ1) is 21.3. The standard InChI is InChI=1S/C36H22N6S/c1-3-11-23(12-4-1)33-38-34(24-13-5-2-6-14-24)40-35(39-33)41-20-19-37-36(41)42-29-17-9-7-15-25(29)27-22-32-28(21-30(27)42)26-16-8-10-18-31(26)43-32/h1-22H. The molecule has 9 aromatic rings. The molecule has 5 aromatic carbocycles. The van der Waals surface area contributed by atoms with Crippen molar-refractivity contribution in [2.24, 2.45) is 0 Å². The molecule has 0 bridgehead atoms. The summed E-state index contributed by atoms with van der Waals surface area (Å²) in [7, 11) is 0. The number of hydrogen-bond acceptors (Lipinski definition) is 5. The van der Waals surface area contributed by atoms with Crippen LogP contribution in [0.2, 0.25) is 0 Å². The van der Waals surface area contributed by atoms with Crippen LogP contribution in [0.3, 0.4) is 0 Å². The molecule has 4 heterocycles. The summed E-state index contributed by atoms with van der Waals surface area (Å²) in [6.45, 7) is 0. The molecule has 0 fully saturated rings. The number of fused-ring (bicyclic) bond motifs is 6. The Balaban J connectivity index is 1.33. The minimum Gasteiger partial charge on any atom is -0.279 e. The van der Waals surface area contributed by atoms with Crippen LogP contribution in [-0.4, -0.2) is 29.1 Å². The Hall–Kier alpha value is -5.66. The van der Waals surface area contributed by atoms with Crippen LogP contribution in [-0.2, 0) is 0 Å². The second-order valence-electron chi connectivity index (χ2n) is 10.4. The van der Waals surface area contributed by atoms with E-state index in [1.807, 2.05) is 89.0 Å². The van der Waals surface area contributed by atoms with Gasteiger partial charge in [-0.3, -0.25) is 9.13 Å². The molecule has 0 unspecified atom stereocenters. The number of rotatable bonds is 4. The molecule has 0 atom stereocenters. The summed E-state index contributed by atoms with van der Waals surface area (Å²) in [5.74, 6) is 2.44. The molecule has 0 aliphatic rings. The molecular weight excluding hydrogens is 549 g/mol. The van der Waals surface area contributed by atoms with Crippen molar-refractivity contribution in [3.63, 3.8) is 0 Å². The summed E-state index contributed by atoms with van der Waals surface area (Å²) in [4.78, 5) is 19.7. The Kier molecular flexibility index (Phi) is 5.27. The van der Waals surface area contributed by atoms with Gasteiger partial charge in [0.1, 0.15) is 0 Å². The monoisotopic (exact) mass is 570 g/mol. The van der Waals surface area contributed by atoms with E-state index in [2.05, 4.69) is 65.2 Å². The van der Waals surface area contributed by atoms with Crippen molar-refractivity contribution < 1.29 is 0 Å². The SMILES string of the molecule is c1ccc(-c2nc(-c3ccccc3)nc(-n3ccnc3-n3c4ccccc4c4cc5sc6ccccc6c5cc43)n2)cc1. The van der Waals surface area contributed by atoms with Crippen LogP contribution < -0.4 is 0 Å². The van der Waals surface area contributed by atoms with Crippen LogP contribution in [0.1, 0.15) is 0 Å². The fraction of sp³-hybridized carbons (Fsp3) is 0. The van der Waals surface area contributed by atoms with Crippen LogP contribution in [0.15, 0.2) is 134 Å². The highest BCUT2D eigenvalue weighted by atomic mass is 32.1. The second kappa shape index (κ2) is 9.44. The molecule has 202 valence electrons. The Morgan fingerprint density at radius 1 is 0.512 bits per heavy atom. The lowest BCUT2D eigenvalue weighted by Gasteiger charge is -2.12. The van der Waals surface area contributed by atoms with Crippen molar-refractivity contribution in [2.45, 2.75) is 0 Å². The van der Waals surface area contributed by atoms with Gasteiger partial charge in [0.15, 0.2) is 11.6 Å². The van der Waals surface area contributed by atoms with Gasteiger partial charge in [-0.05, 0) is 24.3 Å². The van der Waals surface area contributed by atoms with Crippen molar-refractivity contribution in [1.82, 2.24) is 29.1 Å². The predicted molar refractivity (Wildman–Crippen MR) is 175 cm³/mol. The van der Waals surface area contributed by atoms with Gasteiger partial charge in [-0.25, -0.2) is 9.97 Å². The van der Waals surface area contributed by atoms with Crippen LogP contribution in [0.25, 0.3) is 76.7 Å². The van der Waals surface area contributed by atoms with Crippen molar-refractivity contribution in [2.75, 3.05) is 0 Å². The summed E-state index contributed by atoms with van der Waals surface area (Å²) in [5.41, 5.74) is 4.01. The van der Waals surface area contributed by atoms with Crippen molar-refractivity contribution in [3.8, 4) is 34.7 Å². The number of benzene rings is 5. The van der Waals surface area contributed by atoms with Gasteiger partial charge in [-0.15, -0.1) is 11.3 Å². The third-order valence-electron chi connectivity index (χ3n) is 7.90. The fourth-order valence-electron chi connectivity index (χ4n) is 5.92. The quantitative estimate of drug-likeness (QED) is 0.212. The molecule has 0 spiro atoms. The molecule has 0 amide bonds. The molecule has 0 N–H and O–H groups in total. The van der Waals surface area contributed by atoms with E-state index in [0.717, 1.165) is 22.2 Å². The summed E-state index contributed by atoms with van der Waals surface area (Å²) in [6.07, 6.45) is 3.73. The van der Waals surface area contributed by atoms with E-state index < -0.39 is 0 Å². The van der Waals surface area contributed by atoms with E-state index in [4.69, 9.17) is 19.9 Å². The van der Waals surface area contributed by atoms with E-state index >= 15 is 0 Å². The zero-order valence-corrected chi connectivity index (χ0v) is 23.6. The van der Waals surface area contributed by atoms with Gasteiger partial charge in [0.25, 0.3) is 0 Å². The average molecular weight is 571 g/mol. The Morgan fingerprint density at radius 3 is 1.91 bits per heavy atom. The Bertz CT molecular complexity index is 2400. The van der Waals surface area contributed by atoms with E-state index in [0.29, 0.717) is 23.5 Å². The fourth-order valence-corrected chi connectivity index (χ4v) is 7.05. The molecule has 43 heavy (non-hydrogen) atoms. The van der Waals surface area contributed by atoms with E-state index in [-0.39, 0.29) is 0 Å². The largest absolute Gasteiger partial charge is 0.279 e. The molecule has 6 nitrogen and oxygen atoms in total. The maximum atomic E-state index is 4.97. The number of thiophene rings is 1. The van der Waals surface area contributed by atoms with Crippen molar-refractivity contribution in [1.29, 1.82) is 0 Å². The maximum Gasteiger partial charge on any atom is 0.240 e. The van der Waals surface area contributed by atoms with Gasteiger partial charge in [-0.1, -0.05) is 97.1 Å². The van der Waals surface area contributed by atoms with Crippen LogP contribution in [0, 0.1) is 0 Å². The molecule has 7 heteroatoms. The smallest absolute Gasteiger partial charge is 0.240 e. The molecule has 0 saturated heterocycles. The minimum absolute atomic E-state index is 0.508. The summed E-state index contributed by atoms with van der Waals surface area (Å²) in [6, 6.07) is 41.8. The van der Waals surface area contributed by atoms with Gasteiger partial charge < -0.3 is 0 Å². The molecule has 0 aliphatic carbocycles. The summed E-state index contributed by atoms with van der Waals surface area (Å²) < 4.78 is 6.75. The van der Waals surface area contributed by atoms with Crippen LogP contribution >= 0.6 is 11.3 Å². The number of para-hydroxylation sites is 1. The van der Waals surface area contributed by atoms with Gasteiger partial charge in [0, 0.05) is 54.5 Å². The first-order valence-corrected chi connectivity index (χ1v) is 14.9. The highest BCUT2D eigenvalue weighted by molar-refractivity contribution is 7.25. The molecule has 0 saturated carbocycles. The lowest BCUT2D eigenvalue weighted by Crippen LogP contribution is -2.10. The Labute approximate surface area is 250 Å². The third kappa shape index (κ3) is 3.79. The number of imidazole rings is 1. The van der Waals surface area contributed by atoms with Gasteiger partial charge in [0.2, 0.25) is 11.9 Å². The predicted octanol–water partition coefficient (Wildman–Crippen LogP) is 8.86. The van der Waals surface area contributed by atoms with E-state index in [1.165, 1.54) is 30.9 Å². The molecule has 9 rings (SSSR count). The zero-order valence-electron chi connectivity index (χ0n) is 22.8. The molecule has 0 radical (unpaired) electrons. The zero-order chi connectivity index (χ0) is 28.3. The van der Waals surface area contributed by atoms with Gasteiger partial charge in [0.05, 0.1) is 11.0 Å². The number of nitrogens with zero attached hydrogens (tertiary/aromatic N) is 6. The summed E-state index contributed by atoms with van der Waals surface area (Å²) >= 11 is 1.83. The van der Waals surface area contributed by atoms with Gasteiger partial charge >= 0.3 is 0 Å². The first kappa shape index (κ1) is 24.0. The van der Waals surface area contributed by atoms with Crippen LogP contribution in [0.5, 0.6) is 0 Å². The van der Waals surface area contributed by atoms with E-state index in [9.17, 15) is 0 Å². The number of hydrogen-bond donors (Lipinski definition) is 0. The minimum atomic E-state index is 0.508. The van der Waals surface area contributed by atoms with Crippen molar-refractivity contribution >= 4 is 53.3 Å². The summed E-state index contributed by atoms with van der Waals surface area (Å²) in [5, 5.41) is 4.88. The highest BCUT2D eigenvalue weighted by Gasteiger charge is 2.20. The average Bonchev–Trinajstić information content (AvgIpc) is 3.78. The van der Waals surface area contributed by atoms with Crippen LogP contribution in [0.4, 0.5) is 0 Å². The third-order valence-corrected chi connectivity index (χ3v) is 9.03. The lowest BCUT2D eigenvalue weighted by atomic mass is 10.1. The highest BCUT2D eigenvalue weighted by Crippen LogP contribution is 2.40. The molecule has 0 aliphatic heterocycles. The number of aromatic nitrogens is 6. The van der Waals surface area contributed by atoms with E-state index in [1.54, 1.807) is 0 Å². The second-order valence-corrected chi connectivity index (χ2v) is 11.5. The van der Waals surface area contributed by atoms with Crippen molar-refractivity contribution in [3.05, 3.63) is 134 Å². The Morgan fingerprint density at radius 2 is 1.16 bits per heavy atom. The molecular formula is C36H22N6S. The maximum absolute atomic E-state index is 4.97. The topological polar surface area (TPSA) is 61.4 Å².